The van der Waals surface area contributed by atoms with Gasteiger partial charge in [-0.25, -0.2) is 8.42 Å². The summed E-state index contributed by atoms with van der Waals surface area (Å²) in [7, 11) is -6.34. The molecule has 1 aliphatic heterocycles. The van der Waals surface area contributed by atoms with Crippen molar-refractivity contribution in [2.45, 2.75) is 172 Å². The van der Waals surface area contributed by atoms with Gasteiger partial charge in [0.2, 0.25) is 0 Å². The molecule has 9 rings (SSSR count). The summed E-state index contributed by atoms with van der Waals surface area (Å²) >= 11 is 14.6. The Labute approximate surface area is 759 Å². The van der Waals surface area contributed by atoms with Crippen LogP contribution in [-0.2, 0) is 88.1 Å². The van der Waals surface area contributed by atoms with Crippen LogP contribution in [0.15, 0.2) is 239 Å². The first-order valence-electron chi connectivity index (χ1n) is 39.0. The van der Waals surface area contributed by atoms with Crippen molar-refractivity contribution in [3.05, 3.63) is 269 Å². The molecule has 4 unspecified atom stereocenters. The quantitative estimate of drug-likeness (QED) is 0.0103. The molecule has 0 bridgehead atoms. The summed E-state index contributed by atoms with van der Waals surface area (Å²) in [6.07, 6.45) is 0.733. The summed E-state index contributed by atoms with van der Waals surface area (Å²) in [6, 6.07) is 68.7. The maximum Gasteiger partial charge on any atom is 0.297 e. The van der Waals surface area contributed by atoms with E-state index in [4.69, 9.17) is 85.6 Å². The van der Waals surface area contributed by atoms with Crippen molar-refractivity contribution >= 4 is 98.5 Å². The molecule has 5 N–H and O–H groups in total. The topological polar surface area (TPSA) is 290 Å². The molecule has 0 radical (unpaired) electrons. The standard InChI is InChI=1S/C26H30O7S3.C23H32O5S.C13H18O3.C12H18O3S.C7H7ClO2S.C6H15N.CH2Cl2.4CH4/c1-21-8-12-25(13-9-21)35(27,28)32-17-16-31-24(20-34-19-23-6-4-3-5-7-23)18-33-36(29,30)26-14-10-22(2)11-15-26;1-19(24)14-26-12-13-28-22(18-29-17-20-8-4-2-5-9-20)15-27-16-23(25)21-10-6-3-7-11-21;14-10-12(11-6-2-1-3-7-11)16-13-8-4-5-9-15-13;13-6-7-15-12(8-14)10-16-9-11-4-2-1-3-5-11;1-6-2-4-7(5-3-6)11(8,9)10;1-4-7(5-2)6-3;2-1-3;;;;/h3-15,24H,16-20H2,1-2H3;2-11,19,22-25H,12-18H2,1H3;1-3,6-7,12-14H,4-5,8-10H2;1-5,12-14H,6-10H2;2-5H,1H3;4-6H2,1-3H3;1H2;4*1H4/t;19-,22?,23+;12-,13?;;;;;;;;/m.11......../s1. The lowest BCUT2D eigenvalue weighted by atomic mass is 10.1. The molecule has 1 saturated heterocycles. The molecule has 0 aromatic heterocycles. The summed E-state index contributed by atoms with van der Waals surface area (Å²) in [6.45, 7) is 19.8. The van der Waals surface area contributed by atoms with Crippen LogP contribution in [0.1, 0.15) is 133 Å². The molecule has 0 aliphatic carbocycles. The number of thioether (sulfide) groups is 3. The SMILES string of the molecule is C.C.C.C.CCN(CC)CC.C[C@@H](O)COCCOC(COC[C@H](O)c1ccccc1)CSCc1ccccc1.Cc1ccc(S(=O)(=O)Cl)cc1.Cc1ccc(S(=O)(=O)OCCOC(COS(=O)(=O)c2ccc(C)cc2)CSCc2ccccc2)cc1.ClCCl.OCCOC(CO)CSCc1ccccc1.OC[C@@H](OC1CCCCO1)c1ccccc1. The van der Waals surface area contributed by atoms with Gasteiger partial charge in [-0.05, 0) is 131 Å². The van der Waals surface area contributed by atoms with Gasteiger partial charge in [-0.2, -0.15) is 52.1 Å². The van der Waals surface area contributed by atoms with Crippen LogP contribution in [0, 0.1) is 20.8 Å². The molecule has 0 saturated carbocycles. The Bertz CT molecular complexity index is 4090. The molecule has 0 amide bonds. The Hall–Kier alpha value is -5.07. The minimum atomic E-state index is -3.96. The Morgan fingerprint density at radius 3 is 1.21 bits per heavy atom. The molecule has 0 spiro atoms. The summed E-state index contributed by atoms with van der Waals surface area (Å²) in [5, 5.41) is 46.6. The van der Waals surface area contributed by atoms with Crippen molar-refractivity contribution in [1.82, 2.24) is 4.90 Å². The predicted molar refractivity (Wildman–Crippen MR) is 507 cm³/mol. The first-order valence-corrected chi connectivity index (χ1v) is 48.7. The fourth-order valence-electron chi connectivity index (χ4n) is 10.3. The van der Waals surface area contributed by atoms with Gasteiger partial charge in [0.15, 0.2) is 6.29 Å². The minimum absolute atomic E-state index is 0. The number of alkyl halides is 2. The highest BCUT2D eigenvalue weighted by Crippen LogP contribution is 2.25. The number of aliphatic hydroxyl groups excluding tert-OH is 5. The van der Waals surface area contributed by atoms with E-state index in [1.54, 1.807) is 78.6 Å². The highest BCUT2D eigenvalue weighted by Gasteiger charge is 2.23. The third kappa shape index (κ3) is 56.2. The predicted octanol–water partition coefficient (Wildman–Crippen LogP) is 19.0. The third-order valence-electron chi connectivity index (χ3n) is 16.7. The summed E-state index contributed by atoms with van der Waals surface area (Å²) in [4.78, 5) is 2.65. The maximum absolute atomic E-state index is 12.6. The lowest BCUT2D eigenvalue weighted by Crippen LogP contribution is -2.27. The van der Waals surface area contributed by atoms with Gasteiger partial charge in [0.05, 0.1) is 124 Å². The van der Waals surface area contributed by atoms with E-state index in [9.17, 15) is 40.6 Å². The molecule has 30 heteroatoms. The molecule has 1 heterocycles. The average Bonchev–Trinajstić information content (AvgIpc) is 0.836. The Morgan fingerprint density at radius 1 is 0.451 bits per heavy atom. The summed E-state index contributed by atoms with van der Waals surface area (Å²) < 4.78 is 121. The number of rotatable bonds is 45. The van der Waals surface area contributed by atoms with Gasteiger partial charge < -0.3 is 63.6 Å². The molecule has 1 aliphatic rings. The summed E-state index contributed by atoms with van der Waals surface area (Å²) in [5.74, 6) is 4.51. The number of benzene rings is 8. The van der Waals surface area contributed by atoms with E-state index >= 15 is 0 Å². The maximum atomic E-state index is 12.6. The van der Waals surface area contributed by atoms with Gasteiger partial charge in [0.1, 0.15) is 12.2 Å². The first-order chi connectivity index (χ1) is 56.8. The minimum Gasteiger partial charge on any atom is -0.394 e. The molecular formula is C92H138Cl3NO20S6. The van der Waals surface area contributed by atoms with Crippen LogP contribution in [0.25, 0.3) is 0 Å². The number of hydrogen-bond donors (Lipinski definition) is 5. The van der Waals surface area contributed by atoms with E-state index in [1.807, 2.05) is 148 Å². The molecule has 122 heavy (non-hydrogen) atoms. The Morgan fingerprint density at radius 2 is 0.836 bits per heavy atom. The average molecular weight is 1880 g/mol. The molecule has 21 nitrogen and oxygen atoms in total. The van der Waals surface area contributed by atoms with E-state index in [0.717, 1.165) is 82.3 Å². The summed E-state index contributed by atoms with van der Waals surface area (Å²) in [5.41, 5.74) is 8.40. The zero-order chi connectivity index (χ0) is 86.5. The van der Waals surface area contributed by atoms with Crippen LogP contribution in [-0.4, -0.2) is 215 Å². The number of halogens is 3. The zero-order valence-electron chi connectivity index (χ0n) is 68.7. The van der Waals surface area contributed by atoms with Gasteiger partial charge in [-0.1, -0.05) is 255 Å². The smallest absolute Gasteiger partial charge is 0.297 e. The fraction of sp³-hybridized carbons (Fsp3) is 0.478. The number of hydrogen-bond acceptors (Lipinski definition) is 24. The number of aryl methyl sites for hydroxylation is 3. The second-order valence-corrected chi connectivity index (χ2v) is 36.1. The molecule has 1 fully saturated rings. The number of ether oxygens (including phenoxy) is 7. The first kappa shape index (κ1) is 119. The van der Waals surface area contributed by atoms with Crippen molar-refractivity contribution in [3.8, 4) is 0 Å². The van der Waals surface area contributed by atoms with Gasteiger partial charge in [0.25, 0.3) is 29.3 Å². The fourth-order valence-corrected chi connectivity index (χ4v) is 15.9. The second-order valence-electron chi connectivity index (χ2n) is 26.4. The van der Waals surface area contributed by atoms with Crippen LogP contribution >= 0.6 is 69.2 Å². The third-order valence-corrected chi connectivity index (χ3v) is 24.2. The Balaban J connectivity index is 0. The van der Waals surface area contributed by atoms with E-state index in [1.165, 1.54) is 67.2 Å². The van der Waals surface area contributed by atoms with Crippen LogP contribution in [0.3, 0.4) is 0 Å². The van der Waals surface area contributed by atoms with E-state index in [-0.39, 0.29) is 127 Å². The van der Waals surface area contributed by atoms with E-state index in [2.05, 4.69) is 49.9 Å². The molecule has 8 aromatic rings. The Kier molecular flexibility index (Phi) is 71.1. The van der Waals surface area contributed by atoms with Gasteiger partial charge in [0, 0.05) is 51.8 Å². The van der Waals surface area contributed by atoms with Crippen molar-refractivity contribution in [2.75, 3.05) is 128 Å². The van der Waals surface area contributed by atoms with Crippen molar-refractivity contribution in [1.29, 1.82) is 0 Å². The zero-order valence-corrected chi connectivity index (χ0v) is 75.8. The molecular weight excluding hydrogens is 1740 g/mol. The number of nitrogens with zero attached hydrogens (tertiary/aromatic N) is 1. The molecule has 7 atom stereocenters. The van der Waals surface area contributed by atoms with Crippen LogP contribution in [0.4, 0.5) is 0 Å². The van der Waals surface area contributed by atoms with E-state index < -0.39 is 47.6 Å². The van der Waals surface area contributed by atoms with Crippen LogP contribution in [0.2, 0.25) is 0 Å². The van der Waals surface area contributed by atoms with Gasteiger partial charge in [-0.3, -0.25) is 8.37 Å². The highest BCUT2D eigenvalue weighted by atomic mass is 35.7. The van der Waals surface area contributed by atoms with Gasteiger partial charge >= 0.3 is 0 Å². The van der Waals surface area contributed by atoms with Gasteiger partial charge in [-0.15, -0.1) is 23.2 Å². The lowest BCUT2D eigenvalue weighted by Gasteiger charge is -2.27. The van der Waals surface area contributed by atoms with Crippen molar-refractivity contribution < 1.29 is 92.3 Å². The normalized spacial score (nSPS) is 13.7. The number of aliphatic hydroxyl groups is 5. The van der Waals surface area contributed by atoms with E-state index in [0.29, 0.717) is 37.9 Å². The largest absolute Gasteiger partial charge is 0.394 e. The van der Waals surface area contributed by atoms with Crippen LogP contribution in [0.5, 0.6) is 0 Å². The second kappa shape index (κ2) is 72.9. The van der Waals surface area contributed by atoms with Crippen molar-refractivity contribution in [2.24, 2.45) is 0 Å². The molecule has 688 valence electrons. The monoisotopic (exact) mass is 1870 g/mol. The van der Waals surface area contributed by atoms with Crippen molar-refractivity contribution in [3.63, 3.8) is 0 Å². The lowest BCUT2D eigenvalue weighted by molar-refractivity contribution is -0.196. The highest BCUT2D eigenvalue weighted by molar-refractivity contribution is 8.13. The molecule has 8 aromatic carbocycles. The van der Waals surface area contributed by atoms with Crippen LogP contribution < -0.4 is 0 Å².